The molecule has 1 heterocycles. The number of hydrogen-bond acceptors (Lipinski definition) is 2. The molecule has 1 fully saturated rings. The Balaban J connectivity index is 2.06. The van der Waals surface area contributed by atoms with Crippen molar-refractivity contribution in [3.63, 3.8) is 0 Å². The van der Waals surface area contributed by atoms with E-state index in [2.05, 4.69) is 26.1 Å². The van der Waals surface area contributed by atoms with E-state index in [-0.39, 0.29) is 11.9 Å². The number of anilines is 1. The first-order valence-electron chi connectivity index (χ1n) is 6.35. The van der Waals surface area contributed by atoms with Crippen molar-refractivity contribution in [2.75, 3.05) is 18.9 Å². The highest BCUT2D eigenvalue weighted by molar-refractivity contribution is 9.10. The molecule has 1 aromatic rings. The quantitative estimate of drug-likeness (QED) is 0.910. The maximum absolute atomic E-state index is 12.2. The van der Waals surface area contributed by atoms with Gasteiger partial charge >= 0.3 is 0 Å². The number of halogens is 1. The van der Waals surface area contributed by atoms with Gasteiger partial charge in [0.25, 0.3) is 0 Å². The van der Waals surface area contributed by atoms with Gasteiger partial charge in [0.1, 0.15) is 0 Å². The molecule has 1 aliphatic heterocycles. The molecule has 0 radical (unpaired) electrons. The molecule has 2 rings (SSSR count). The first-order valence-corrected chi connectivity index (χ1v) is 7.14. The molecule has 1 unspecified atom stereocenters. The highest BCUT2D eigenvalue weighted by atomic mass is 79.9. The smallest absolute Gasteiger partial charge is 0.241 e. The van der Waals surface area contributed by atoms with Gasteiger partial charge in [-0.1, -0.05) is 12.5 Å². The number of likely N-dealkylation sites (N-methyl/N-ethyl adjacent to an activating group) is 1. The highest BCUT2D eigenvalue weighted by Gasteiger charge is 2.26. The fourth-order valence-corrected chi connectivity index (χ4v) is 2.94. The van der Waals surface area contributed by atoms with E-state index in [9.17, 15) is 4.79 Å². The van der Waals surface area contributed by atoms with Crippen molar-refractivity contribution in [2.45, 2.75) is 32.2 Å². The van der Waals surface area contributed by atoms with Gasteiger partial charge in [0.15, 0.2) is 0 Å². The number of hydrogen-bond donors (Lipinski definition) is 1. The molecule has 0 aromatic heterocycles. The average molecular weight is 311 g/mol. The molecule has 4 heteroatoms. The third-order valence-corrected chi connectivity index (χ3v) is 4.11. The van der Waals surface area contributed by atoms with Crippen molar-refractivity contribution in [2.24, 2.45) is 0 Å². The number of carbonyl (C=O) groups excluding carboxylic acids is 1. The zero-order valence-electron chi connectivity index (χ0n) is 10.9. The highest BCUT2D eigenvalue weighted by Crippen LogP contribution is 2.24. The summed E-state index contributed by atoms with van der Waals surface area (Å²) in [6.45, 7) is 3.04. The number of carbonyl (C=O) groups is 1. The molecule has 98 valence electrons. The lowest BCUT2D eigenvalue weighted by Gasteiger charge is -2.31. The number of benzene rings is 1. The van der Waals surface area contributed by atoms with Gasteiger partial charge in [0, 0.05) is 4.47 Å². The van der Waals surface area contributed by atoms with E-state index in [0.717, 1.165) is 29.5 Å². The fraction of sp³-hybridized carbons (Fsp3) is 0.500. The Morgan fingerprint density at radius 2 is 2.22 bits per heavy atom. The fourth-order valence-electron chi connectivity index (χ4n) is 2.34. The maximum atomic E-state index is 12.2. The van der Waals surface area contributed by atoms with Crippen LogP contribution in [0.25, 0.3) is 0 Å². The van der Waals surface area contributed by atoms with E-state index in [1.165, 1.54) is 12.0 Å². The van der Waals surface area contributed by atoms with Crippen LogP contribution in [0.3, 0.4) is 0 Å². The minimum atomic E-state index is 0.00644. The number of nitrogens with one attached hydrogen (secondary N) is 1. The van der Waals surface area contributed by atoms with Gasteiger partial charge in [-0.2, -0.15) is 0 Å². The van der Waals surface area contributed by atoms with E-state index in [0.29, 0.717) is 0 Å². The molecule has 0 bridgehead atoms. The Hall–Kier alpha value is -0.870. The molecule has 1 aromatic carbocycles. The largest absolute Gasteiger partial charge is 0.324 e. The molecule has 1 N–H and O–H groups in total. The lowest BCUT2D eigenvalue weighted by Crippen LogP contribution is -2.44. The van der Waals surface area contributed by atoms with Crippen LogP contribution in [0.5, 0.6) is 0 Å². The predicted octanol–water partition coefficient (Wildman–Crippen LogP) is 3.18. The van der Waals surface area contributed by atoms with Crippen LogP contribution in [0.1, 0.15) is 24.8 Å². The van der Waals surface area contributed by atoms with Crippen molar-refractivity contribution in [1.82, 2.24) is 4.90 Å². The van der Waals surface area contributed by atoms with Gasteiger partial charge in [0.2, 0.25) is 5.91 Å². The monoisotopic (exact) mass is 310 g/mol. The Morgan fingerprint density at radius 3 is 2.89 bits per heavy atom. The van der Waals surface area contributed by atoms with Gasteiger partial charge < -0.3 is 5.32 Å². The second-order valence-corrected chi connectivity index (χ2v) is 5.82. The summed E-state index contributed by atoms with van der Waals surface area (Å²) in [5.74, 6) is 0.0988. The van der Waals surface area contributed by atoms with Gasteiger partial charge in [-0.05, 0) is 67.0 Å². The van der Waals surface area contributed by atoms with Crippen LogP contribution in [0.2, 0.25) is 0 Å². The molecule has 1 saturated heterocycles. The lowest BCUT2D eigenvalue weighted by molar-refractivity contribution is -0.121. The Kier molecular flexibility index (Phi) is 4.40. The zero-order chi connectivity index (χ0) is 13.1. The van der Waals surface area contributed by atoms with Crippen LogP contribution in [0.4, 0.5) is 5.69 Å². The first-order chi connectivity index (χ1) is 8.58. The van der Waals surface area contributed by atoms with Gasteiger partial charge in [-0.3, -0.25) is 9.69 Å². The van der Waals surface area contributed by atoms with Gasteiger partial charge in [-0.15, -0.1) is 0 Å². The number of rotatable bonds is 2. The van der Waals surface area contributed by atoms with Crippen LogP contribution in [-0.2, 0) is 4.79 Å². The summed E-state index contributed by atoms with van der Waals surface area (Å²) in [7, 11) is 2.02. The predicted molar refractivity (Wildman–Crippen MR) is 77.8 cm³/mol. The second kappa shape index (κ2) is 5.85. The van der Waals surface area contributed by atoms with Crippen LogP contribution < -0.4 is 5.32 Å². The van der Waals surface area contributed by atoms with E-state index in [4.69, 9.17) is 0 Å². The minimum absolute atomic E-state index is 0.00644. The number of aryl methyl sites for hydroxylation is 1. The topological polar surface area (TPSA) is 32.3 Å². The van der Waals surface area contributed by atoms with E-state index in [1.54, 1.807) is 0 Å². The Labute approximate surface area is 117 Å². The Bertz CT molecular complexity index is 447. The van der Waals surface area contributed by atoms with Gasteiger partial charge in [-0.25, -0.2) is 0 Å². The molecule has 1 amide bonds. The summed E-state index contributed by atoms with van der Waals surface area (Å²) < 4.78 is 0.939. The summed E-state index contributed by atoms with van der Waals surface area (Å²) in [6, 6.07) is 5.97. The molecular weight excluding hydrogens is 292 g/mol. The van der Waals surface area contributed by atoms with E-state index < -0.39 is 0 Å². The van der Waals surface area contributed by atoms with Crippen molar-refractivity contribution < 1.29 is 4.79 Å². The second-order valence-electron chi connectivity index (χ2n) is 4.96. The third kappa shape index (κ3) is 3.12. The molecular formula is C14H19BrN2O. The summed E-state index contributed by atoms with van der Waals surface area (Å²) in [5, 5.41) is 3.01. The minimum Gasteiger partial charge on any atom is -0.324 e. The lowest BCUT2D eigenvalue weighted by atomic mass is 10.0. The molecule has 1 atom stereocenters. The first kappa shape index (κ1) is 13.6. The summed E-state index contributed by atoms with van der Waals surface area (Å²) in [6.07, 6.45) is 3.28. The summed E-state index contributed by atoms with van der Waals surface area (Å²) in [5.41, 5.74) is 2.03. The molecule has 0 saturated carbocycles. The van der Waals surface area contributed by atoms with Crippen LogP contribution in [0.15, 0.2) is 22.7 Å². The van der Waals surface area contributed by atoms with Crippen molar-refractivity contribution in [3.05, 3.63) is 28.2 Å². The number of amides is 1. The third-order valence-electron chi connectivity index (χ3n) is 3.46. The summed E-state index contributed by atoms with van der Waals surface area (Å²) >= 11 is 3.49. The summed E-state index contributed by atoms with van der Waals surface area (Å²) in [4.78, 5) is 14.4. The van der Waals surface area contributed by atoms with Crippen molar-refractivity contribution in [1.29, 1.82) is 0 Å². The maximum Gasteiger partial charge on any atom is 0.241 e. The molecule has 18 heavy (non-hydrogen) atoms. The van der Waals surface area contributed by atoms with Gasteiger partial charge in [0.05, 0.1) is 11.7 Å². The molecule has 3 nitrogen and oxygen atoms in total. The number of likely N-dealkylation sites (tertiary alicyclic amines) is 1. The zero-order valence-corrected chi connectivity index (χ0v) is 12.5. The Morgan fingerprint density at radius 1 is 1.44 bits per heavy atom. The van der Waals surface area contributed by atoms with Crippen LogP contribution >= 0.6 is 15.9 Å². The average Bonchev–Trinajstić information content (AvgIpc) is 2.33. The standard InChI is InChI=1S/C14H19BrN2O/c1-10-6-7-12(11(15)9-10)16-14(18)13-5-3-4-8-17(13)2/h6-7,9,13H,3-5,8H2,1-2H3,(H,16,18). The van der Waals surface area contributed by atoms with Crippen molar-refractivity contribution in [3.8, 4) is 0 Å². The van der Waals surface area contributed by atoms with E-state index in [1.807, 2.05) is 32.2 Å². The van der Waals surface area contributed by atoms with Crippen LogP contribution in [-0.4, -0.2) is 30.4 Å². The van der Waals surface area contributed by atoms with E-state index >= 15 is 0 Å². The SMILES string of the molecule is Cc1ccc(NC(=O)C2CCCCN2C)c(Br)c1. The number of piperidine rings is 1. The normalized spacial score (nSPS) is 20.7. The van der Waals surface area contributed by atoms with Crippen LogP contribution in [0, 0.1) is 6.92 Å². The number of nitrogens with zero attached hydrogens (tertiary/aromatic N) is 1. The molecule has 0 aliphatic carbocycles. The molecule has 0 spiro atoms. The van der Waals surface area contributed by atoms with Crippen molar-refractivity contribution >= 4 is 27.5 Å². The molecule has 1 aliphatic rings.